The van der Waals surface area contributed by atoms with E-state index in [0.29, 0.717) is 0 Å². The number of hydrogen-bond donors (Lipinski definition) is 1. The summed E-state index contributed by atoms with van der Waals surface area (Å²) in [6.45, 7) is 0. The molecule has 5 nitrogen and oxygen atoms in total. The van der Waals surface area contributed by atoms with Crippen molar-refractivity contribution in [3.8, 4) is 0 Å². The first-order chi connectivity index (χ1) is 6.31. The van der Waals surface area contributed by atoms with Crippen molar-refractivity contribution in [2.45, 2.75) is 0 Å². The van der Waals surface area contributed by atoms with Gasteiger partial charge in [0.2, 0.25) is 0 Å². The Morgan fingerprint density at radius 3 is 3.15 bits per heavy atom. The van der Waals surface area contributed by atoms with Crippen molar-refractivity contribution in [2.75, 3.05) is 0 Å². The summed E-state index contributed by atoms with van der Waals surface area (Å²) >= 11 is 0. The average Bonchev–Trinajstić information content (AvgIpc) is 2.48. The van der Waals surface area contributed by atoms with Crippen LogP contribution in [0, 0.1) is 0 Å². The van der Waals surface area contributed by atoms with E-state index >= 15 is 0 Å². The van der Waals surface area contributed by atoms with Crippen LogP contribution in [0.15, 0.2) is 23.7 Å². The molecule has 13 heavy (non-hydrogen) atoms. The Labute approximate surface area is 74.3 Å². The second-order valence-corrected chi connectivity index (χ2v) is 2.71. The van der Waals surface area contributed by atoms with Gasteiger partial charge < -0.3 is 9.77 Å². The van der Waals surface area contributed by atoms with Gasteiger partial charge in [0.05, 0.1) is 12.5 Å². The minimum Gasteiger partial charge on any atom is -0.411 e. The zero-order valence-corrected chi connectivity index (χ0v) is 7.05. The largest absolute Gasteiger partial charge is 0.411 e. The number of fused-ring (bicyclic) bond motifs is 1. The minimum atomic E-state index is 0.730. The predicted octanol–water partition coefficient (Wildman–Crippen LogP) is 0.776. The molecule has 0 saturated carbocycles. The molecular weight excluding hydrogens is 168 g/mol. The van der Waals surface area contributed by atoms with E-state index in [1.807, 2.05) is 17.7 Å². The Morgan fingerprint density at radius 2 is 2.38 bits per heavy atom. The van der Waals surface area contributed by atoms with Crippen LogP contribution in [0.4, 0.5) is 0 Å². The van der Waals surface area contributed by atoms with Crippen molar-refractivity contribution in [3.63, 3.8) is 0 Å². The molecule has 0 aromatic carbocycles. The second kappa shape index (κ2) is 2.85. The maximum absolute atomic E-state index is 8.31. The lowest BCUT2D eigenvalue weighted by Gasteiger charge is -1.93. The maximum Gasteiger partial charge on any atom is 0.159 e. The summed E-state index contributed by atoms with van der Waals surface area (Å²) in [5.41, 5.74) is 2.34. The van der Waals surface area contributed by atoms with Gasteiger partial charge in [-0.1, -0.05) is 5.16 Å². The monoisotopic (exact) mass is 176 g/mol. The highest BCUT2D eigenvalue weighted by atomic mass is 16.4. The van der Waals surface area contributed by atoms with Gasteiger partial charge in [0.1, 0.15) is 5.52 Å². The molecule has 0 aliphatic heterocycles. The van der Waals surface area contributed by atoms with Gasteiger partial charge in [0.15, 0.2) is 5.65 Å². The van der Waals surface area contributed by atoms with Crippen LogP contribution in [0.1, 0.15) is 5.56 Å². The van der Waals surface area contributed by atoms with E-state index in [1.54, 1.807) is 12.5 Å². The molecule has 0 aliphatic carbocycles. The first kappa shape index (κ1) is 7.72. The zero-order valence-electron chi connectivity index (χ0n) is 7.05. The van der Waals surface area contributed by atoms with Crippen LogP contribution < -0.4 is 0 Å². The smallest absolute Gasteiger partial charge is 0.159 e. The molecule has 5 heteroatoms. The molecule has 0 atom stereocenters. The number of hydrogen-bond acceptors (Lipinski definition) is 4. The first-order valence-electron chi connectivity index (χ1n) is 3.76. The third-order valence-electron chi connectivity index (χ3n) is 1.78. The molecule has 0 radical (unpaired) electrons. The fraction of sp³-hybridized carbons (Fsp3) is 0.125. The van der Waals surface area contributed by atoms with Gasteiger partial charge >= 0.3 is 0 Å². The van der Waals surface area contributed by atoms with Gasteiger partial charge in [-0.25, -0.2) is 9.97 Å². The van der Waals surface area contributed by atoms with E-state index in [9.17, 15) is 0 Å². The molecule has 2 aromatic heterocycles. The lowest BCUT2D eigenvalue weighted by Crippen LogP contribution is -1.89. The quantitative estimate of drug-likeness (QED) is 0.396. The van der Waals surface area contributed by atoms with Crippen molar-refractivity contribution < 1.29 is 5.21 Å². The summed E-state index contributed by atoms with van der Waals surface area (Å²) in [4.78, 5) is 8.28. The molecule has 0 amide bonds. The summed E-state index contributed by atoms with van der Waals surface area (Å²) in [6.07, 6.45) is 4.64. The van der Waals surface area contributed by atoms with Crippen molar-refractivity contribution in [2.24, 2.45) is 12.2 Å². The Hall–Kier alpha value is -1.91. The lowest BCUT2D eigenvalue weighted by molar-refractivity contribution is 0.322. The van der Waals surface area contributed by atoms with Crippen LogP contribution in [-0.2, 0) is 7.05 Å². The average molecular weight is 176 g/mol. The summed E-state index contributed by atoms with van der Waals surface area (Å²) in [7, 11) is 1.88. The number of pyridine rings is 1. The molecule has 0 spiro atoms. The van der Waals surface area contributed by atoms with E-state index in [-0.39, 0.29) is 0 Å². The van der Waals surface area contributed by atoms with Crippen molar-refractivity contribution in [1.82, 2.24) is 14.5 Å². The van der Waals surface area contributed by atoms with Crippen LogP contribution in [0.2, 0.25) is 0 Å². The number of rotatable bonds is 1. The highest BCUT2D eigenvalue weighted by molar-refractivity contribution is 5.84. The summed E-state index contributed by atoms with van der Waals surface area (Å²) < 4.78 is 1.83. The number of nitrogens with zero attached hydrogens (tertiary/aromatic N) is 4. The third kappa shape index (κ3) is 1.24. The van der Waals surface area contributed by atoms with E-state index in [4.69, 9.17) is 5.21 Å². The topological polar surface area (TPSA) is 63.3 Å². The normalized spacial score (nSPS) is 11.5. The summed E-state index contributed by atoms with van der Waals surface area (Å²) in [5.74, 6) is 0. The van der Waals surface area contributed by atoms with Crippen LogP contribution in [0.3, 0.4) is 0 Å². The van der Waals surface area contributed by atoms with Gasteiger partial charge in [0, 0.05) is 18.8 Å². The molecule has 66 valence electrons. The van der Waals surface area contributed by atoms with E-state index < -0.39 is 0 Å². The van der Waals surface area contributed by atoms with E-state index in [1.165, 1.54) is 6.21 Å². The fourth-order valence-electron chi connectivity index (χ4n) is 1.17. The van der Waals surface area contributed by atoms with Crippen LogP contribution in [0.25, 0.3) is 11.2 Å². The Balaban J connectivity index is 2.63. The molecular formula is C8H8N4O. The van der Waals surface area contributed by atoms with Gasteiger partial charge in [-0.15, -0.1) is 0 Å². The van der Waals surface area contributed by atoms with Crippen LogP contribution >= 0.6 is 0 Å². The third-order valence-corrected chi connectivity index (χ3v) is 1.78. The number of aromatic nitrogens is 3. The summed E-state index contributed by atoms with van der Waals surface area (Å²) in [6, 6.07) is 1.81. The zero-order chi connectivity index (χ0) is 9.26. The molecule has 2 heterocycles. The Bertz CT molecular complexity index is 460. The van der Waals surface area contributed by atoms with Crippen LogP contribution in [-0.4, -0.2) is 26.0 Å². The standard InChI is InChI=1S/C8H8N4O/c1-12-5-10-7-2-6(4-11-13)3-9-8(7)12/h2-5,13H,1H3/b11-4+. The molecule has 0 saturated heterocycles. The molecule has 0 bridgehead atoms. The van der Waals surface area contributed by atoms with E-state index in [0.717, 1.165) is 16.7 Å². The van der Waals surface area contributed by atoms with Crippen molar-refractivity contribution >= 4 is 17.4 Å². The molecule has 2 rings (SSSR count). The van der Waals surface area contributed by atoms with Crippen molar-refractivity contribution in [3.05, 3.63) is 24.2 Å². The highest BCUT2D eigenvalue weighted by Crippen LogP contribution is 2.08. The highest BCUT2D eigenvalue weighted by Gasteiger charge is 2.00. The van der Waals surface area contributed by atoms with Gasteiger partial charge in [-0.3, -0.25) is 0 Å². The van der Waals surface area contributed by atoms with E-state index in [2.05, 4.69) is 15.1 Å². The first-order valence-corrected chi connectivity index (χ1v) is 3.76. The lowest BCUT2D eigenvalue weighted by atomic mass is 10.3. The number of aryl methyl sites for hydroxylation is 1. The Kier molecular flexibility index (Phi) is 1.70. The van der Waals surface area contributed by atoms with Crippen molar-refractivity contribution in [1.29, 1.82) is 0 Å². The predicted molar refractivity (Wildman–Crippen MR) is 47.9 cm³/mol. The SMILES string of the molecule is Cn1cnc2cc(/C=N/O)cnc21. The van der Waals surface area contributed by atoms with Gasteiger partial charge in [-0.05, 0) is 6.07 Å². The molecule has 0 aliphatic rings. The van der Waals surface area contributed by atoms with Gasteiger partial charge in [-0.2, -0.15) is 0 Å². The number of imidazole rings is 1. The fourth-order valence-corrected chi connectivity index (χ4v) is 1.17. The summed E-state index contributed by atoms with van der Waals surface area (Å²) in [5, 5.41) is 11.2. The molecule has 2 aromatic rings. The Morgan fingerprint density at radius 1 is 1.54 bits per heavy atom. The van der Waals surface area contributed by atoms with Crippen LogP contribution in [0.5, 0.6) is 0 Å². The van der Waals surface area contributed by atoms with Gasteiger partial charge in [0.25, 0.3) is 0 Å². The molecule has 0 unspecified atom stereocenters. The molecule has 1 N–H and O–H groups in total. The number of oxime groups is 1. The second-order valence-electron chi connectivity index (χ2n) is 2.71. The minimum absolute atomic E-state index is 0.730. The maximum atomic E-state index is 8.31. The molecule has 0 fully saturated rings.